The van der Waals surface area contributed by atoms with Gasteiger partial charge >= 0.3 is 5.97 Å². The third-order valence-electron chi connectivity index (χ3n) is 13.6. The van der Waals surface area contributed by atoms with Crippen LogP contribution < -0.4 is 0 Å². The number of hydrogen-bond donors (Lipinski definition) is 0. The van der Waals surface area contributed by atoms with Crippen LogP contribution in [0.25, 0.3) is 0 Å². The second-order valence-corrected chi connectivity index (χ2v) is 15.6. The Morgan fingerprint density at radius 1 is 0.947 bits per heavy atom. The molecule has 0 aromatic rings. The molecule has 8 atom stereocenters. The lowest BCUT2D eigenvalue weighted by Gasteiger charge is -2.72. The number of ether oxygens (including phenoxy) is 1. The molecule has 0 amide bonds. The summed E-state index contributed by atoms with van der Waals surface area (Å²) in [5.74, 6) is 2.07. The van der Waals surface area contributed by atoms with E-state index in [0.717, 1.165) is 50.4 Å². The average Bonchev–Trinajstić information content (AvgIpc) is 3.12. The number of Topliss-reactive ketones (excluding diaryl/α,β-unsaturated/α-hetero) is 1. The highest BCUT2D eigenvalue weighted by atomic mass is 16.5. The van der Waals surface area contributed by atoms with Crippen molar-refractivity contribution in [2.75, 3.05) is 0 Å². The number of carbonyl (C=O) groups is 3. The predicted molar refractivity (Wildman–Crippen MR) is 150 cm³/mol. The fraction of sp³-hybridized carbons (Fsp3) is 0.853. The maximum atomic E-state index is 13.5. The first-order chi connectivity index (χ1) is 17.7. The van der Waals surface area contributed by atoms with Crippen LogP contribution in [0.1, 0.15) is 126 Å². The van der Waals surface area contributed by atoms with Crippen molar-refractivity contribution >= 4 is 18.0 Å². The molecule has 4 heteroatoms. The van der Waals surface area contributed by atoms with Crippen LogP contribution >= 0.6 is 0 Å². The molecular formula is C34H52O4. The molecule has 4 fully saturated rings. The van der Waals surface area contributed by atoms with E-state index in [9.17, 15) is 14.4 Å². The van der Waals surface area contributed by atoms with E-state index in [2.05, 4.69) is 48.5 Å². The SMILES string of the molecule is CC(=O)O[C@H]1CC[C@]2(C)[C@H]3CC[C@@H]4C5=C(C(C)C)C(=O)C[C@]5(CCC=O)CC[C@@]4(C)[C@]3(C)CC[C@H]2C1(C)C. The largest absolute Gasteiger partial charge is 0.462 e. The predicted octanol–water partition coefficient (Wildman–Crippen LogP) is 7.88. The fourth-order valence-electron chi connectivity index (χ4n) is 11.8. The zero-order valence-electron chi connectivity index (χ0n) is 25.4. The standard InChI is InChI=1S/C34H52O4/c1-21(2)28-24(37)20-34(14-9-19-35)18-17-32(7)23(29(28)34)10-11-26-31(6)15-13-27(38-22(3)36)30(4,5)25(31)12-16-33(26,32)8/h19,21,23,25-27H,9-18,20H2,1-8H3/t23-,25+,26-,27+,31+,32-,33-,34+/m1/s1. The van der Waals surface area contributed by atoms with Crippen LogP contribution in [-0.2, 0) is 19.1 Å². The molecule has 0 radical (unpaired) electrons. The van der Waals surface area contributed by atoms with E-state index in [1.54, 1.807) is 6.92 Å². The summed E-state index contributed by atoms with van der Waals surface area (Å²) in [6.45, 7) is 18.4. The Kier molecular flexibility index (Phi) is 6.68. The molecule has 0 N–H and O–H groups in total. The van der Waals surface area contributed by atoms with Crippen molar-refractivity contribution in [3.05, 3.63) is 11.1 Å². The summed E-state index contributed by atoms with van der Waals surface area (Å²) in [6.07, 6.45) is 12.1. The molecule has 212 valence electrons. The molecule has 0 aromatic heterocycles. The van der Waals surface area contributed by atoms with Crippen LogP contribution in [-0.4, -0.2) is 24.1 Å². The lowest BCUT2D eigenvalue weighted by Crippen LogP contribution is -2.65. The lowest BCUT2D eigenvalue weighted by atomic mass is 9.33. The van der Waals surface area contributed by atoms with E-state index in [-0.39, 0.29) is 45.1 Å². The summed E-state index contributed by atoms with van der Waals surface area (Å²) in [5.41, 5.74) is 3.09. The van der Waals surface area contributed by atoms with Crippen molar-refractivity contribution in [2.24, 2.45) is 50.7 Å². The van der Waals surface area contributed by atoms with Crippen molar-refractivity contribution in [1.82, 2.24) is 0 Å². The minimum atomic E-state index is -0.152. The van der Waals surface area contributed by atoms with Gasteiger partial charge < -0.3 is 9.53 Å². The Morgan fingerprint density at radius 3 is 2.29 bits per heavy atom. The second-order valence-electron chi connectivity index (χ2n) is 15.6. The van der Waals surface area contributed by atoms with Crippen LogP contribution in [0.3, 0.4) is 0 Å². The quantitative estimate of drug-likeness (QED) is 0.271. The van der Waals surface area contributed by atoms with Gasteiger partial charge in [-0.25, -0.2) is 0 Å². The maximum absolute atomic E-state index is 13.5. The van der Waals surface area contributed by atoms with Crippen molar-refractivity contribution in [3.8, 4) is 0 Å². The minimum absolute atomic E-state index is 0.00531. The van der Waals surface area contributed by atoms with Crippen molar-refractivity contribution in [2.45, 2.75) is 132 Å². The van der Waals surface area contributed by atoms with Crippen LogP contribution in [0.15, 0.2) is 11.1 Å². The van der Waals surface area contributed by atoms with Gasteiger partial charge in [0.1, 0.15) is 12.4 Å². The monoisotopic (exact) mass is 524 g/mol. The number of allylic oxidation sites excluding steroid dienone is 2. The average molecular weight is 525 g/mol. The summed E-state index contributed by atoms with van der Waals surface area (Å²) >= 11 is 0. The normalized spacial score (nSPS) is 45.7. The Hall–Kier alpha value is -1.45. The highest BCUT2D eigenvalue weighted by Gasteiger charge is 2.70. The Balaban J connectivity index is 1.55. The molecule has 0 aromatic carbocycles. The third kappa shape index (κ3) is 3.63. The molecule has 4 nitrogen and oxygen atoms in total. The molecule has 0 bridgehead atoms. The minimum Gasteiger partial charge on any atom is -0.462 e. The third-order valence-corrected chi connectivity index (χ3v) is 13.6. The Bertz CT molecular complexity index is 1050. The van der Waals surface area contributed by atoms with E-state index in [1.165, 1.54) is 24.8 Å². The summed E-state index contributed by atoms with van der Waals surface area (Å²) < 4.78 is 5.90. The smallest absolute Gasteiger partial charge is 0.302 e. The number of carbonyl (C=O) groups excluding carboxylic acids is 3. The van der Waals surface area contributed by atoms with Gasteiger partial charge in [0, 0.05) is 25.2 Å². The van der Waals surface area contributed by atoms with Crippen LogP contribution in [0.4, 0.5) is 0 Å². The second kappa shape index (κ2) is 9.03. The molecule has 0 heterocycles. The van der Waals surface area contributed by atoms with Crippen molar-refractivity contribution in [1.29, 1.82) is 0 Å². The molecule has 5 aliphatic rings. The zero-order chi connectivity index (χ0) is 27.9. The van der Waals surface area contributed by atoms with E-state index in [4.69, 9.17) is 4.74 Å². The molecule has 5 aliphatic carbocycles. The highest BCUT2D eigenvalue weighted by molar-refractivity contribution is 6.00. The topological polar surface area (TPSA) is 60.4 Å². The van der Waals surface area contributed by atoms with Gasteiger partial charge in [0.05, 0.1) is 0 Å². The van der Waals surface area contributed by atoms with Gasteiger partial charge in [0.2, 0.25) is 0 Å². The number of ketones is 1. The molecule has 38 heavy (non-hydrogen) atoms. The van der Waals surface area contributed by atoms with E-state index < -0.39 is 0 Å². The Labute approximate surface area is 231 Å². The van der Waals surface area contributed by atoms with Gasteiger partial charge in [-0.3, -0.25) is 9.59 Å². The van der Waals surface area contributed by atoms with Gasteiger partial charge in [0.15, 0.2) is 5.78 Å². The van der Waals surface area contributed by atoms with Gasteiger partial charge in [0.25, 0.3) is 0 Å². The number of hydrogen-bond acceptors (Lipinski definition) is 4. The molecule has 0 saturated heterocycles. The first kappa shape index (κ1) is 28.1. The molecule has 5 rings (SSSR count). The van der Waals surface area contributed by atoms with E-state index in [1.807, 2.05) is 0 Å². The number of esters is 1. The summed E-state index contributed by atoms with van der Waals surface area (Å²) in [4.78, 5) is 36.9. The first-order valence-electron chi connectivity index (χ1n) is 15.6. The molecule has 0 spiro atoms. The van der Waals surface area contributed by atoms with Crippen molar-refractivity contribution < 1.29 is 19.1 Å². The summed E-state index contributed by atoms with van der Waals surface area (Å²) in [5, 5.41) is 0. The molecular weight excluding hydrogens is 472 g/mol. The summed E-state index contributed by atoms with van der Waals surface area (Å²) in [6, 6.07) is 0. The number of aldehydes is 1. The molecule has 0 aliphatic heterocycles. The van der Waals surface area contributed by atoms with Gasteiger partial charge in [-0.1, -0.05) is 54.0 Å². The lowest BCUT2D eigenvalue weighted by molar-refractivity contribution is -0.232. The van der Waals surface area contributed by atoms with Gasteiger partial charge in [-0.05, 0) is 109 Å². The fourth-order valence-corrected chi connectivity index (χ4v) is 11.8. The highest BCUT2D eigenvalue weighted by Crippen LogP contribution is 2.77. The van der Waals surface area contributed by atoms with Crippen LogP contribution in [0.5, 0.6) is 0 Å². The maximum Gasteiger partial charge on any atom is 0.302 e. The summed E-state index contributed by atoms with van der Waals surface area (Å²) in [7, 11) is 0. The van der Waals surface area contributed by atoms with E-state index in [0.29, 0.717) is 36.4 Å². The first-order valence-corrected chi connectivity index (χ1v) is 15.6. The zero-order valence-corrected chi connectivity index (χ0v) is 25.4. The van der Waals surface area contributed by atoms with Gasteiger partial charge in [-0.2, -0.15) is 0 Å². The number of rotatable bonds is 5. The molecule has 0 unspecified atom stereocenters. The molecule has 4 saturated carbocycles. The Morgan fingerprint density at radius 2 is 1.66 bits per heavy atom. The van der Waals surface area contributed by atoms with Gasteiger partial charge in [-0.15, -0.1) is 0 Å². The van der Waals surface area contributed by atoms with Crippen LogP contribution in [0, 0.1) is 50.7 Å². The van der Waals surface area contributed by atoms with E-state index >= 15 is 0 Å². The van der Waals surface area contributed by atoms with Crippen LogP contribution in [0.2, 0.25) is 0 Å². The van der Waals surface area contributed by atoms with Crippen molar-refractivity contribution in [3.63, 3.8) is 0 Å². The number of fused-ring (bicyclic) bond motifs is 7.